The molecule has 3 heteroatoms. The second-order valence-corrected chi connectivity index (χ2v) is 3.39. The van der Waals surface area contributed by atoms with Crippen LogP contribution in [0, 0.1) is 0 Å². The molecule has 0 saturated heterocycles. The van der Waals surface area contributed by atoms with Gasteiger partial charge in [-0.05, 0) is 18.1 Å². The number of aryl methyl sites for hydroxylation is 1. The summed E-state index contributed by atoms with van der Waals surface area (Å²) < 4.78 is 0. The van der Waals surface area contributed by atoms with Crippen molar-refractivity contribution < 1.29 is 9.90 Å². The van der Waals surface area contributed by atoms with Gasteiger partial charge in [0.05, 0.1) is 6.61 Å². The number of carbonyl (C=O) groups is 1. The van der Waals surface area contributed by atoms with Crippen LogP contribution in [-0.4, -0.2) is 24.2 Å². The number of hydrogen-bond donors (Lipinski definition) is 2. The third-order valence-electron chi connectivity index (χ3n) is 2.18. The highest BCUT2D eigenvalue weighted by atomic mass is 16.3. The molecule has 0 aliphatic heterocycles. The molecule has 1 aromatic rings. The van der Waals surface area contributed by atoms with Crippen LogP contribution in [0.3, 0.4) is 0 Å². The number of rotatable bonds is 5. The number of carbonyl (C=O) groups excluding carboxylic acids is 1. The smallest absolute Gasteiger partial charge is 0.251 e. The summed E-state index contributed by atoms with van der Waals surface area (Å²) in [6, 6.07) is 7.58. The van der Waals surface area contributed by atoms with E-state index in [0.29, 0.717) is 12.1 Å². The van der Waals surface area contributed by atoms with E-state index in [4.69, 9.17) is 5.11 Å². The lowest BCUT2D eigenvalue weighted by Gasteiger charge is -2.08. The Morgan fingerprint density at radius 2 is 1.94 bits per heavy atom. The van der Waals surface area contributed by atoms with Gasteiger partial charge in [0.15, 0.2) is 0 Å². The molecular weight excluding hydrogens is 214 g/mol. The molecular formula is C14H23NO2. The molecule has 0 fully saturated rings. The van der Waals surface area contributed by atoms with Gasteiger partial charge in [-0.25, -0.2) is 0 Å². The first kappa shape index (κ1) is 15.7. The topological polar surface area (TPSA) is 49.3 Å². The second kappa shape index (κ2) is 9.85. The summed E-state index contributed by atoms with van der Waals surface area (Å²) in [5.74, 6) is -0.104. The fourth-order valence-electron chi connectivity index (χ4n) is 1.49. The molecule has 1 amide bonds. The molecule has 0 aliphatic carbocycles. The Kier molecular flexibility index (Phi) is 9.06. The molecule has 0 aromatic heterocycles. The van der Waals surface area contributed by atoms with E-state index in [9.17, 15) is 4.79 Å². The number of amides is 1. The maximum atomic E-state index is 11.7. The molecule has 17 heavy (non-hydrogen) atoms. The number of aliphatic hydroxyl groups excluding tert-OH is 1. The molecule has 96 valence electrons. The van der Waals surface area contributed by atoms with Crippen LogP contribution in [0.15, 0.2) is 24.3 Å². The third kappa shape index (κ3) is 5.50. The summed E-state index contributed by atoms with van der Waals surface area (Å²) in [5.41, 5.74) is 1.78. The molecule has 0 unspecified atom stereocenters. The van der Waals surface area contributed by atoms with Crippen LogP contribution in [0.5, 0.6) is 0 Å². The van der Waals surface area contributed by atoms with E-state index in [1.165, 1.54) is 0 Å². The third-order valence-corrected chi connectivity index (χ3v) is 2.18. The number of nitrogens with one attached hydrogen (secondary N) is 1. The van der Waals surface area contributed by atoms with Gasteiger partial charge < -0.3 is 10.4 Å². The van der Waals surface area contributed by atoms with E-state index in [2.05, 4.69) is 12.2 Å². The highest BCUT2D eigenvalue weighted by Crippen LogP contribution is 2.10. The minimum absolute atomic E-state index is 0.0261. The molecule has 1 aromatic carbocycles. The molecule has 0 atom stereocenters. The summed E-state index contributed by atoms with van der Waals surface area (Å²) in [5, 5.41) is 11.3. The highest BCUT2D eigenvalue weighted by Gasteiger charge is 2.08. The number of hydrogen-bond acceptors (Lipinski definition) is 2. The minimum atomic E-state index is -0.104. The van der Waals surface area contributed by atoms with Crippen molar-refractivity contribution in [3.05, 3.63) is 35.4 Å². The maximum absolute atomic E-state index is 11.7. The van der Waals surface area contributed by atoms with Crippen molar-refractivity contribution >= 4 is 5.91 Å². The van der Waals surface area contributed by atoms with Gasteiger partial charge in [-0.3, -0.25) is 4.79 Å². The Morgan fingerprint density at radius 3 is 2.53 bits per heavy atom. The first-order valence-electron chi connectivity index (χ1n) is 6.26. The van der Waals surface area contributed by atoms with Crippen molar-refractivity contribution in [2.24, 2.45) is 0 Å². The van der Waals surface area contributed by atoms with Gasteiger partial charge in [-0.1, -0.05) is 45.4 Å². The van der Waals surface area contributed by atoms with E-state index >= 15 is 0 Å². The van der Waals surface area contributed by atoms with Crippen molar-refractivity contribution in [3.8, 4) is 0 Å². The molecule has 3 nitrogen and oxygen atoms in total. The average molecular weight is 237 g/mol. The lowest BCUT2D eigenvalue weighted by atomic mass is 10.0. The van der Waals surface area contributed by atoms with Crippen LogP contribution in [0.4, 0.5) is 0 Å². The normalized spacial score (nSPS) is 9.18. The quantitative estimate of drug-likeness (QED) is 0.826. The fraction of sp³-hybridized carbons (Fsp3) is 0.500. The van der Waals surface area contributed by atoms with Crippen LogP contribution in [0.2, 0.25) is 0 Å². The molecule has 0 aliphatic rings. The first-order chi connectivity index (χ1) is 8.29. The van der Waals surface area contributed by atoms with Crippen molar-refractivity contribution in [3.63, 3.8) is 0 Å². The summed E-state index contributed by atoms with van der Waals surface area (Å²) in [7, 11) is 0. The van der Waals surface area contributed by atoms with E-state index < -0.39 is 0 Å². The molecule has 0 heterocycles. The van der Waals surface area contributed by atoms with Gasteiger partial charge in [0.2, 0.25) is 0 Å². The van der Waals surface area contributed by atoms with Crippen molar-refractivity contribution in [2.45, 2.75) is 33.6 Å². The van der Waals surface area contributed by atoms with Crippen LogP contribution < -0.4 is 5.32 Å². The molecule has 0 bridgehead atoms. The van der Waals surface area contributed by atoms with Gasteiger partial charge in [-0.15, -0.1) is 0 Å². The van der Waals surface area contributed by atoms with Gasteiger partial charge in [0.1, 0.15) is 0 Å². The highest BCUT2D eigenvalue weighted by molar-refractivity contribution is 5.95. The zero-order valence-electron chi connectivity index (χ0n) is 11.0. The summed E-state index contributed by atoms with van der Waals surface area (Å²) in [6.07, 6.45) is 1.92. The number of aliphatic hydroxyl groups is 1. The van der Waals surface area contributed by atoms with Crippen molar-refractivity contribution in [1.29, 1.82) is 0 Å². The van der Waals surface area contributed by atoms with Gasteiger partial charge in [0, 0.05) is 12.1 Å². The second-order valence-electron chi connectivity index (χ2n) is 3.39. The molecule has 0 spiro atoms. The van der Waals surface area contributed by atoms with Crippen molar-refractivity contribution in [2.75, 3.05) is 13.2 Å². The Bertz CT molecular complexity index is 324. The predicted molar refractivity (Wildman–Crippen MR) is 71.2 cm³/mol. The summed E-state index contributed by atoms with van der Waals surface area (Å²) in [4.78, 5) is 11.7. The Morgan fingerprint density at radius 1 is 1.29 bits per heavy atom. The Hall–Kier alpha value is -1.35. The number of benzene rings is 1. The Labute approximate surface area is 104 Å². The van der Waals surface area contributed by atoms with Crippen LogP contribution in [-0.2, 0) is 6.42 Å². The van der Waals surface area contributed by atoms with Crippen LogP contribution in [0.25, 0.3) is 0 Å². The first-order valence-corrected chi connectivity index (χ1v) is 6.26. The van der Waals surface area contributed by atoms with Gasteiger partial charge in [0.25, 0.3) is 5.91 Å². The lowest BCUT2D eigenvalue weighted by Crippen LogP contribution is -2.27. The average Bonchev–Trinajstić information content (AvgIpc) is 2.39. The molecule has 1 rings (SSSR count). The van der Waals surface area contributed by atoms with Gasteiger partial charge in [-0.2, -0.15) is 0 Å². The molecule has 0 radical (unpaired) electrons. The van der Waals surface area contributed by atoms with Crippen LogP contribution >= 0.6 is 0 Å². The van der Waals surface area contributed by atoms with Crippen LogP contribution in [0.1, 0.15) is 43.1 Å². The summed E-state index contributed by atoms with van der Waals surface area (Å²) in [6.45, 7) is 6.36. The maximum Gasteiger partial charge on any atom is 0.251 e. The van der Waals surface area contributed by atoms with Crippen molar-refractivity contribution in [1.82, 2.24) is 5.32 Å². The fourth-order valence-corrected chi connectivity index (χ4v) is 1.49. The SMILES string of the molecule is CC.CCCc1ccccc1C(=O)NCCO. The zero-order chi connectivity index (χ0) is 13.1. The van der Waals surface area contributed by atoms with E-state index in [1.54, 1.807) is 0 Å². The largest absolute Gasteiger partial charge is 0.395 e. The Balaban J connectivity index is 0.00000121. The van der Waals surface area contributed by atoms with E-state index in [-0.39, 0.29) is 12.5 Å². The lowest BCUT2D eigenvalue weighted by molar-refractivity contribution is 0.0944. The standard InChI is InChI=1S/C12H17NO2.C2H6/c1-2-5-10-6-3-4-7-11(10)12(15)13-8-9-14;1-2/h3-4,6-7,14H,2,5,8-9H2,1H3,(H,13,15);1-2H3. The molecule has 2 N–H and O–H groups in total. The van der Waals surface area contributed by atoms with E-state index in [1.807, 2.05) is 38.1 Å². The van der Waals surface area contributed by atoms with Gasteiger partial charge >= 0.3 is 0 Å². The molecule has 0 saturated carbocycles. The summed E-state index contributed by atoms with van der Waals surface area (Å²) >= 11 is 0. The van der Waals surface area contributed by atoms with E-state index in [0.717, 1.165) is 18.4 Å². The zero-order valence-corrected chi connectivity index (χ0v) is 11.0. The minimum Gasteiger partial charge on any atom is -0.395 e. The predicted octanol–water partition coefficient (Wildman–Crippen LogP) is 2.39. The monoisotopic (exact) mass is 237 g/mol.